The number of imidazole rings is 1. The molecule has 2 atom stereocenters. The zero-order valence-corrected chi connectivity index (χ0v) is 12.0. The molecule has 19 heavy (non-hydrogen) atoms. The van der Waals surface area contributed by atoms with E-state index in [1.807, 2.05) is 12.1 Å². The van der Waals surface area contributed by atoms with Crippen molar-refractivity contribution in [1.82, 2.24) is 15.3 Å². The number of rotatable bonds is 3. The van der Waals surface area contributed by atoms with Crippen molar-refractivity contribution in [3.63, 3.8) is 0 Å². The largest absolute Gasteiger partial charge is 0.341 e. The molecular weight excluding hydrogens is 234 g/mol. The van der Waals surface area contributed by atoms with E-state index >= 15 is 0 Å². The second kappa shape index (κ2) is 4.64. The molecule has 1 aromatic heterocycles. The van der Waals surface area contributed by atoms with E-state index in [1.165, 1.54) is 19.3 Å². The summed E-state index contributed by atoms with van der Waals surface area (Å²) >= 11 is 0. The molecule has 0 saturated heterocycles. The molecule has 1 aliphatic rings. The van der Waals surface area contributed by atoms with Crippen LogP contribution in [0.2, 0.25) is 0 Å². The van der Waals surface area contributed by atoms with Crippen molar-refractivity contribution in [2.24, 2.45) is 5.41 Å². The lowest BCUT2D eigenvalue weighted by Crippen LogP contribution is -2.39. The Bertz CT molecular complexity index is 537. The van der Waals surface area contributed by atoms with Crippen LogP contribution in [-0.4, -0.2) is 16.0 Å². The number of nitrogens with one attached hydrogen (secondary N) is 2. The summed E-state index contributed by atoms with van der Waals surface area (Å²) in [7, 11) is 0. The number of hydrogen-bond donors (Lipinski definition) is 2. The van der Waals surface area contributed by atoms with Gasteiger partial charge in [-0.2, -0.15) is 0 Å². The van der Waals surface area contributed by atoms with E-state index in [4.69, 9.17) is 0 Å². The van der Waals surface area contributed by atoms with E-state index in [0.717, 1.165) is 16.9 Å². The molecule has 1 heterocycles. The predicted molar refractivity (Wildman–Crippen MR) is 79.1 cm³/mol. The van der Waals surface area contributed by atoms with Gasteiger partial charge in [0, 0.05) is 6.04 Å². The summed E-state index contributed by atoms with van der Waals surface area (Å²) in [5.74, 6) is 1.05. The van der Waals surface area contributed by atoms with Crippen LogP contribution in [0.15, 0.2) is 24.3 Å². The highest BCUT2D eigenvalue weighted by atomic mass is 15.0. The van der Waals surface area contributed by atoms with E-state index in [0.29, 0.717) is 11.5 Å². The lowest BCUT2D eigenvalue weighted by atomic mass is 9.87. The van der Waals surface area contributed by atoms with Gasteiger partial charge in [-0.15, -0.1) is 0 Å². The average Bonchev–Trinajstić information content (AvgIpc) is 2.93. The molecule has 2 aromatic rings. The molecule has 1 aromatic carbocycles. The molecule has 1 saturated carbocycles. The number of fused-ring (bicyclic) bond motifs is 1. The Morgan fingerprint density at radius 3 is 2.84 bits per heavy atom. The van der Waals surface area contributed by atoms with Crippen LogP contribution >= 0.6 is 0 Å². The van der Waals surface area contributed by atoms with Gasteiger partial charge in [-0.3, -0.25) is 0 Å². The number of para-hydroxylation sites is 2. The maximum Gasteiger partial charge on any atom is 0.124 e. The minimum absolute atomic E-state index is 0.273. The van der Waals surface area contributed by atoms with Crippen molar-refractivity contribution in [2.75, 3.05) is 0 Å². The second-order valence-corrected chi connectivity index (χ2v) is 6.46. The Kier molecular flexibility index (Phi) is 3.09. The van der Waals surface area contributed by atoms with Crippen LogP contribution in [0.1, 0.15) is 51.9 Å². The fraction of sp³-hybridized carbons (Fsp3) is 0.562. The van der Waals surface area contributed by atoms with E-state index < -0.39 is 0 Å². The third-order valence-electron chi connectivity index (χ3n) is 4.53. The van der Waals surface area contributed by atoms with Gasteiger partial charge in [-0.25, -0.2) is 4.98 Å². The number of benzene rings is 1. The van der Waals surface area contributed by atoms with Crippen LogP contribution in [0.25, 0.3) is 11.0 Å². The Morgan fingerprint density at radius 1 is 1.37 bits per heavy atom. The van der Waals surface area contributed by atoms with Gasteiger partial charge in [0.25, 0.3) is 0 Å². The molecule has 0 bridgehead atoms. The number of H-pyrrole nitrogens is 1. The van der Waals surface area contributed by atoms with E-state index in [2.05, 4.69) is 48.2 Å². The number of nitrogens with zero attached hydrogens (tertiary/aromatic N) is 1. The van der Waals surface area contributed by atoms with Gasteiger partial charge in [-0.1, -0.05) is 32.4 Å². The van der Waals surface area contributed by atoms with E-state index in [9.17, 15) is 0 Å². The van der Waals surface area contributed by atoms with E-state index in [-0.39, 0.29) is 6.04 Å². The summed E-state index contributed by atoms with van der Waals surface area (Å²) in [5.41, 5.74) is 2.58. The first-order valence-electron chi connectivity index (χ1n) is 7.27. The van der Waals surface area contributed by atoms with Gasteiger partial charge in [0.2, 0.25) is 0 Å². The standard InChI is InChI=1S/C16H23N3/c1-11(17-14-9-6-10-16(14,2)3)15-18-12-7-4-5-8-13(12)19-15/h4-5,7-8,11,14,17H,6,9-10H2,1-3H3,(H,18,19). The molecule has 0 aliphatic heterocycles. The van der Waals surface area contributed by atoms with Gasteiger partial charge >= 0.3 is 0 Å². The molecule has 2 unspecified atom stereocenters. The third-order valence-corrected chi connectivity index (χ3v) is 4.53. The monoisotopic (exact) mass is 257 g/mol. The first-order chi connectivity index (χ1) is 9.06. The minimum Gasteiger partial charge on any atom is -0.341 e. The lowest BCUT2D eigenvalue weighted by Gasteiger charge is -2.30. The molecule has 3 nitrogen and oxygen atoms in total. The molecule has 0 radical (unpaired) electrons. The molecule has 1 fully saturated rings. The van der Waals surface area contributed by atoms with Crippen molar-refractivity contribution in [3.8, 4) is 0 Å². The van der Waals surface area contributed by atoms with Crippen molar-refractivity contribution in [3.05, 3.63) is 30.1 Å². The summed E-state index contributed by atoms with van der Waals surface area (Å²) in [6, 6.07) is 9.08. The minimum atomic E-state index is 0.273. The predicted octanol–water partition coefficient (Wildman–Crippen LogP) is 3.79. The Morgan fingerprint density at radius 2 is 2.16 bits per heavy atom. The topological polar surface area (TPSA) is 40.7 Å². The summed E-state index contributed by atoms with van der Waals surface area (Å²) in [4.78, 5) is 8.11. The van der Waals surface area contributed by atoms with Crippen molar-refractivity contribution >= 4 is 11.0 Å². The van der Waals surface area contributed by atoms with Crippen LogP contribution in [0.5, 0.6) is 0 Å². The first kappa shape index (κ1) is 12.7. The van der Waals surface area contributed by atoms with Crippen LogP contribution < -0.4 is 5.32 Å². The van der Waals surface area contributed by atoms with Crippen LogP contribution in [-0.2, 0) is 0 Å². The van der Waals surface area contributed by atoms with Crippen LogP contribution in [0.3, 0.4) is 0 Å². The van der Waals surface area contributed by atoms with E-state index in [1.54, 1.807) is 0 Å². The maximum absolute atomic E-state index is 4.68. The van der Waals surface area contributed by atoms with Crippen molar-refractivity contribution in [1.29, 1.82) is 0 Å². The maximum atomic E-state index is 4.68. The molecule has 0 amide bonds. The molecule has 3 rings (SSSR count). The summed E-state index contributed by atoms with van der Waals surface area (Å²) in [6.07, 6.45) is 3.92. The Balaban J connectivity index is 1.78. The number of aromatic nitrogens is 2. The third kappa shape index (κ3) is 2.39. The van der Waals surface area contributed by atoms with Gasteiger partial charge in [0.15, 0.2) is 0 Å². The SMILES string of the molecule is CC(NC1CCCC1(C)C)c1nc2ccccc2[nH]1. The van der Waals surface area contributed by atoms with Crippen molar-refractivity contribution < 1.29 is 0 Å². The van der Waals surface area contributed by atoms with Gasteiger partial charge in [0.1, 0.15) is 5.82 Å². The van der Waals surface area contributed by atoms with Gasteiger partial charge in [-0.05, 0) is 37.3 Å². The summed E-state index contributed by atoms with van der Waals surface area (Å²) in [5, 5.41) is 3.75. The van der Waals surface area contributed by atoms with Crippen LogP contribution in [0, 0.1) is 5.41 Å². The summed E-state index contributed by atoms with van der Waals surface area (Å²) < 4.78 is 0. The number of aromatic amines is 1. The highest BCUT2D eigenvalue weighted by molar-refractivity contribution is 5.74. The fourth-order valence-electron chi connectivity index (χ4n) is 3.19. The highest BCUT2D eigenvalue weighted by Crippen LogP contribution is 2.38. The van der Waals surface area contributed by atoms with Crippen LogP contribution in [0.4, 0.5) is 0 Å². The lowest BCUT2D eigenvalue weighted by molar-refractivity contribution is 0.264. The quantitative estimate of drug-likeness (QED) is 0.878. The Labute approximate surface area is 114 Å². The molecule has 2 N–H and O–H groups in total. The normalized spacial score (nSPS) is 23.8. The van der Waals surface area contributed by atoms with Crippen molar-refractivity contribution in [2.45, 2.75) is 52.1 Å². The fourth-order valence-corrected chi connectivity index (χ4v) is 3.19. The Hall–Kier alpha value is -1.35. The molecule has 0 spiro atoms. The average molecular weight is 257 g/mol. The smallest absolute Gasteiger partial charge is 0.124 e. The molecule has 1 aliphatic carbocycles. The second-order valence-electron chi connectivity index (χ2n) is 6.46. The zero-order valence-electron chi connectivity index (χ0n) is 12.0. The van der Waals surface area contributed by atoms with Gasteiger partial charge in [0.05, 0.1) is 17.1 Å². The van der Waals surface area contributed by atoms with Gasteiger partial charge < -0.3 is 10.3 Å². The molecule has 3 heteroatoms. The summed E-state index contributed by atoms with van der Waals surface area (Å²) in [6.45, 7) is 6.93. The zero-order chi connectivity index (χ0) is 13.5. The molecular formula is C16H23N3. The first-order valence-corrected chi connectivity index (χ1v) is 7.27. The highest BCUT2D eigenvalue weighted by Gasteiger charge is 2.35. The number of hydrogen-bond acceptors (Lipinski definition) is 2. The molecule has 102 valence electrons.